The van der Waals surface area contributed by atoms with E-state index in [1.165, 1.54) is 25.1 Å². The molecule has 0 fully saturated rings. The zero-order valence-corrected chi connectivity index (χ0v) is 10.5. The number of rotatable bonds is 4. The van der Waals surface area contributed by atoms with E-state index in [1.54, 1.807) is 24.3 Å². The van der Waals surface area contributed by atoms with Crippen LogP contribution in [-0.4, -0.2) is 5.78 Å². The zero-order chi connectivity index (χ0) is 13.7. The number of hydrogen-bond donors (Lipinski definition) is 0. The Morgan fingerprint density at radius 2 is 1.84 bits per heavy atom. The van der Waals surface area contributed by atoms with Gasteiger partial charge in [0.05, 0.1) is 0 Å². The molecular weight excluding hydrogens is 243 g/mol. The van der Waals surface area contributed by atoms with Gasteiger partial charge in [-0.15, -0.1) is 0 Å². The number of benzene rings is 2. The normalized spacial score (nSPS) is 10.6. The van der Waals surface area contributed by atoms with Gasteiger partial charge in [0.2, 0.25) is 0 Å². The van der Waals surface area contributed by atoms with Gasteiger partial charge in [-0.3, -0.25) is 4.79 Å². The Bertz CT molecular complexity index is 600. The summed E-state index contributed by atoms with van der Waals surface area (Å²) < 4.78 is 18.4. The summed E-state index contributed by atoms with van der Waals surface area (Å²) in [5.74, 6) is 0.891. The predicted octanol–water partition coefficient (Wildman–Crippen LogP) is 4.22. The Balaban J connectivity index is 2.15. The third-order valence-corrected chi connectivity index (χ3v) is 2.42. The molecule has 0 N–H and O–H groups in total. The number of allylic oxidation sites excluding steroid dienone is 1. The van der Waals surface area contributed by atoms with E-state index < -0.39 is 0 Å². The van der Waals surface area contributed by atoms with Crippen molar-refractivity contribution in [2.24, 2.45) is 0 Å². The molecule has 0 bridgehead atoms. The lowest BCUT2D eigenvalue weighted by Gasteiger charge is -2.06. The number of carbonyl (C=O) groups is 1. The van der Waals surface area contributed by atoms with Gasteiger partial charge < -0.3 is 4.74 Å². The molecule has 96 valence electrons. The SMILES string of the molecule is CC(=O)/C=C/c1cccc(Oc2ccc(F)cc2)c1. The molecule has 0 spiro atoms. The molecule has 2 nitrogen and oxygen atoms in total. The van der Waals surface area contributed by atoms with Crippen LogP contribution in [0.25, 0.3) is 6.08 Å². The van der Waals surface area contributed by atoms with Crippen molar-refractivity contribution in [3.63, 3.8) is 0 Å². The summed E-state index contributed by atoms with van der Waals surface area (Å²) in [4.78, 5) is 10.9. The van der Waals surface area contributed by atoms with Crippen molar-refractivity contribution < 1.29 is 13.9 Å². The van der Waals surface area contributed by atoms with E-state index >= 15 is 0 Å². The van der Waals surface area contributed by atoms with Crippen molar-refractivity contribution >= 4 is 11.9 Å². The van der Waals surface area contributed by atoms with Crippen LogP contribution >= 0.6 is 0 Å². The van der Waals surface area contributed by atoms with Crippen LogP contribution in [0.5, 0.6) is 11.5 Å². The molecule has 0 aliphatic carbocycles. The first-order valence-electron chi connectivity index (χ1n) is 5.85. The highest BCUT2D eigenvalue weighted by molar-refractivity contribution is 5.91. The number of ether oxygens (including phenoxy) is 1. The second kappa shape index (κ2) is 5.96. The fourth-order valence-electron chi connectivity index (χ4n) is 1.53. The molecule has 3 heteroatoms. The smallest absolute Gasteiger partial charge is 0.152 e. The van der Waals surface area contributed by atoms with Crippen LogP contribution in [0.15, 0.2) is 54.6 Å². The van der Waals surface area contributed by atoms with Gasteiger partial charge in [0.15, 0.2) is 5.78 Å². The predicted molar refractivity (Wildman–Crippen MR) is 72.6 cm³/mol. The van der Waals surface area contributed by atoms with E-state index in [-0.39, 0.29) is 11.6 Å². The van der Waals surface area contributed by atoms with Gasteiger partial charge in [-0.05, 0) is 55.0 Å². The minimum absolute atomic E-state index is 0.00939. The van der Waals surface area contributed by atoms with Gasteiger partial charge in [-0.1, -0.05) is 18.2 Å². The first-order valence-corrected chi connectivity index (χ1v) is 5.85. The van der Waals surface area contributed by atoms with Gasteiger partial charge >= 0.3 is 0 Å². The van der Waals surface area contributed by atoms with Crippen LogP contribution in [0.3, 0.4) is 0 Å². The van der Waals surface area contributed by atoms with Crippen molar-refractivity contribution in [3.8, 4) is 11.5 Å². The van der Waals surface area contributed by atoms with Gasteiger partial charge in [0.25, 0.3) is 0 Å². The fourth-order valence-corrected chi connectivity index (χ4v) is 1.53. The molecule has 2 aromatic carbocycles. The molecule has 0 heterocycles. The number of ketones is 1. The van der Waals surface area contributed by atoms with Crippen molar-refractivity contribution in [1.29, 1.82) is 0 Å². The number of carbonyl (C=O) groups excluding carboxylic acids is 1. The summed E-state index contributed by atoms with van der Waals surface area (Å²) in [5, 5.41) is 0. The maximum absolute atomic E-state index is 12.8. The molecule has 2 aromatic rings. The monoisotopic (exact) mass is 256 g/mol. The molecule has 0 saturated carbocycles. The second-order valence-electron chi connectivity index (χ2n) is 4.07. The summed E-state index contributed by atoms with van der Waals surface area (Å²) in [7, 11) is 0. The van der Waals surface area contributed by atoms with E-state index in [1.807, 2.05) is 18.2 Å². The van der Waals surface area contributed by atoms with Crippen LogP contribution in [0.4, 0.5) is 4.39 Å². The molecule has 0 aliphatic rings. The molecular formula is C16H13FO2. The van der Waals surface area contributed by atoms with Crippen LogP contribution in [0, 0.1) is 5.82 Å². The lowest BCUT2D eigenvalue weighted by Crippen LogP contribution is -1.85. The van der Waals surface area contributed by atoms with Crippen LogP contribution in [0.1, 0.15) is 12.5 Å². The Morgan fingerprint density at radius 1 is 1.11 bits per heavy atom. The highest BCUT2D eigenvalue weighted by Crippen LogP contribution is 2.22. The van der Waals surface area contributed by atoms with Crippen LogP contribution < -0.4 is 4.74 Å². The quantitative estimate of drug-likeness (QED) is 0.765. The molecule has 0 saturated heterocycles. The topological polar surface area (TPSA) is 26.3 Å². The van der Waals surface area contributed by atoms with E-state index in [2.05, 4.69) is 0 Å². The average molecular weight is 256 g/mol. The van der Waals surface area contributed by atoms with Crippen LogP contribution in [0.2, 0.25) is 0 Å². The summed E-state index contributed by atoms with van der Waals surface area (Å²) in [5.41, 5.74) is 0.870. The minimum atomic E-state index is -0.300. The zero-order valence-electron chi connectivity index (χ0n) is 10.5. The third kappa shape index (κ3) is 4.07. The summed E-state index contributed by atoms with van der Waals surface area (Å²) in [6.45, 7) is 1.50. The molecule has 0 unspecified atom stereocenters. The molecule has 19 heavy (non-hydrogen) atoms. The molecule has 0 aliphatic heterocycles. The van der Waals surface area contributed by atoms with E-state index in [0.717, 1.165) is 5.56 Å². The first-order chi connectivity index (χ1) is 9.13. The molecule has 0 aromatic heterocycles. The van der Waals surface area contributed by atoms with Gasteiger partial charge in [0, 0.05) is 0 Å². The van der Waals surface area contributed by atoms with Gasteiger partial charge in [-0.2, -0.15) is 0 Å². The Hall–Kier alpha value is -2.42. The lowest BCUT2D eigenvalue weighted by atomic mass is 10.2. The lowest BCUT2D eigenvalue weighted by molar-refractivity contribution is -0.112. The molecule has 0 atom stereocenters. The van der Waals surface area contributed by atoms with Crippen LogP contribution in [-0.2, 0) is 4.79 Å². The maximum Gasteiger partial charge on any atom is 0.152 e. The van der Waals surface area contributed by atoms with E-state index in [0.29, 0.717) is 11.5 Å². The largest absolute Gasteiger partial charge is 0.457 e. The van der Waals surface area contributed by atoms with Gasteiger partial charge in [-0.25, -0.2) is 4.39 Å². The van der Waals surface area contributed by atoms with Crippen molar-refractivity contribution in [2.75, 3.05) is 0 Å². The Kier molecular flexibility index (Phi) is 4.08. The maximum atomic E-state index is 12.8. The van der Waals surface area contributed by atoms with E-state index in [9.17, 15) is 9.18 Å². The molecule has 0 radical (unpaired) electrons. The number of hydrogen-bond acceptors (Lipinski definition) is 2. The summed E-state index contributed by atoms with van der Waals surface area (Å²) >= 11 is 0. The summed E-state index contributed by atoms with van der Waals surface area (Å²) in [6, 6.07) is 13.1. The fraction of sp³-hybridized carbons (Fsp3) is 0.0625. The van der Waals surface area contributed by atoms with Crippen molar-refractivity contribution in [1.82, 2.24) is 0 Å². The van der Waals surface area contributed by atoms with Crippen molar-refractivity contribution in [2.45, 2.75) is 6.92 Å². The first kappa shape index (κ1) is 13.0. The van der Waals surface area contributed by atoms with Gasteiger partial charge in [0.1, 0.15) is 17.3 Å². The van der Waals surface area contributed by atoms with Crippen molar-refractivity contribution in [3.05, 3.63) is 66.0 Å². The highest BCUT2D eigenvalue weighted by atomic mass is 19.1. The molecule has 2 rings (SSSR count). The van der Waals surface area contributed by atoms with E-state index in [4.69, 9.17) is 4.74 Å². The average Bonchev–Trinajstić information content (AvgIpc) is 2.40. The summed E-state index contributed by atoms with van der Waals surface area (Å²) in [6.07, 6.45) is 3.22. The minimum Gasteiger partial charge on any atom is -0.457 e. The highest BCUT2D eigenvalue weighted by Gasteiger charge is 1.98. The second-order valence-corrected chi connectivity index (χ2v) is 4.07. The Labute approximate surface area is 111 Å². The molecule has 0 amide bonds. The Morgan fingerprint density at radius 3 is 2.53 bits per heavy atom. The third-order valence-electron chi connectivity index (χ3n) is 2.42. The standard InChI is InChI=1S/C16H13FO2/c1-12(18)5-6-13-3-2-4-16(11-13)19-15-9-7-14(17)8-10-15/h2-11H,1H3/b6-5+. The number of halogens is 1.